The summed E-state index contributed by atoms with van der Waals surface area (Å²) >= 11 is 5.86. The summed E-state index contributed by atoms with van der Waals surface area (Å²) in [5, 5.41) is 10.2. The van der Waals surface area contributed by atoms with Gasteiger partial charge in [-0.05, 0) is 38.0 Å². The van der Waals surface area contributed by atoms with Crippen molar-refractivity contribution in [1.29, 1.82) is 0 Å². The molecule has 1 aromatic rings. The number of aliphatic hydroxyl groups excluding tert-OH is 1. The molecule has 19 heavy (non-hydrogen) atoms. The predicted octanol–water partition coefficient (Wildman–Crippen LogP) is 2.26. The lowest BCUT2D eigenvalue weighted by Crippen LogP contribution is -2.48. The van der Waals surface area contributed by atoms with Crippen molar-refractivity contribution in [3.63, 3.8) is 0 Å². The molecule has 4 nitrogen and oxygen atoms in total. The number of rotatable bonds is 3. The van der Waals surface area contributed by atoms with E-state index >= 15 is 0 Å². The van der Waals surface area contributed by atoms with E-state index in [1.807, 2.05) is 0 Å². The molecule has 0 radical (unpaired) electrons. The maximum atomic E-state index is 12.6. The summed E-state index contributed by atoms with van der Waals surface area (Å²) in [6.45, 7) is 2.08. The summed E-state index contributed by atoms with van der Waals surface area (Å²) in [4.78, 5) is 0.188. The minimum atomic E-state index is -3.59. The summed E-state index contributed by atoms with van der Waals surface area (Å²) < 4.78 is 26.6. The Balaban J connectivity index is 2.37. The van der Waals surface area contributed by atoms with Gasteiger partial charge in [-0.1, -0.05) is 24.1 Å². The minimum Gasteiger partial charge on any atom is -0.392 e. The minimum absolute atomic E-state index is 0.188. The van der Waals surface area contributed by atoms with Crippen LogP contribution in [0.15, 0.2) is 29.2 Å². The number of benzene rings is 1. The fraction of sp³-hybridized carbons (Fsp3) is 0.538. The molecule has 1 aliphatic heterocycles. The van der Waals surface area contributed by atoms with Gasteiger partial charge in [-0.2, -0.15) is 4.31 Å². The first-order chi connectivity index (χ1) is 8.93. The van der Waals surface area contributed by atoms with E-state index in [2.05, 4.69) is 0 Å². The van der Waals surface area contributed by atoms with Crippen LogP contribution in [-0.2, 0) is 10.0 Å². The van der Waals surface area contributed by atoms with Gasteiger partial charge in [0.25, 0.3) is 0 Å². The summed E-state index contributed by atoms with van der Waals surface area (Å²) in [7, 11) is -3.59. The number of halogens is 1. The second-order valence-electron chi connectivity index (χ2n) is 4.88. The van der Waals surface area contributed by atoms with Gasteiger partial charge in [0.15, 0.2) is 0 Å². The molecule has 0 spiro atoms. The first kappa shape index (κ1) is 14.8. The zero-order valence-corrected chi connectivity index (χ0v) is 12.4. The van der Waals surface area contributed by atoms with Crippen molar-refractivity contribution in [2.24, 2.45) is 0 Å². The quantitative estimate of drug-likeness (QED) is 0.932. The summed E-state index contributed by atoms with van der Waals surface area (Å²) in [5.74, 6) is 0. The van der Waals surface area contributed by atoms with Crippen molar-refractivity contribution in [2.45, 2.75) is 43.2 Å². The van der Waals surface area contributed by atoms with Crippen molar-refractivity contribution in [2.75, 3.05) is 6.54 Å². The molecule has 0 aliphatic carbocycles. The highest BCUT2D eigenvalue weighted by atomic mass is 35.5. The standard InChI is InChI=1S/C13H18ClNO3S/c1-10(16)13-7-2-3-8-15(13)19(17,18)12-6-4-5-11(14)9-12/h4-6,9-10,13,16H,2-3,7-8H2,1H3/t10-,13+/m1/s1. The molecule has 2 atom stereocenters. The van der Waals surface area contributed by atoms with Gasteiger partial charge in [0.2, 0.25) is 10.0 Å². The van der Waals surface area contributed by atoms with Crippen LogP contribution < -0.4 is 0 Å². The first-order valence-corrected chi connectivity index (χ1v) is 8.20. The maximum absolute atomic E-state index is 12.6. The molecular formula is C13H18ClNO3S. The van der Waals surface area contributed by atoms with E-state index in [0.29, 0.717) is 18.0 Å². The average Bonchev–Trinajstić information content (AvgIpc) is 2.38. The van der Waals surface area contributed by atoms with E-state index in [9.17, 15) is 13.5 Å². The molecule has 1 fully saturated rings. The van der Waals surface area contributed by atoms with Gasteiger partial charge in [0.1, 0.15) is 0 Å². The molecule has 2 rings (SSSR count). The Morgan fingerprint density at radius 3 is 2.79 bits per heavy atom. The number of aliphatic hydroxyl groups is 1. The van der Waals surface area contributed by atoms with Crippen LogP contribution >= 0.6 is 11.6 Å². The summed E-state index contributed by atoms with van der Waals surface area (Å²) in [6, 6.07) is 5.90. The second-order valence-corrected chi connectivity index (χ2v) is 7.20. The van der Waals surface area contributed by atoms with E-state index in [1.165, 1.54) is 16.4 Å². The summed E-state index contributed by atoms with van der Waals surface area (Å²) in [6.07, 6.45) is 1.78. The van der Waals surface area contributed by atoms with Gasteiger partial charge in [-0.3, -0.25) is 0 Å². The molecule has 0 aromatic heterocycles. The van der Waals surface area contributed by atoms with Gasteiger partial charge in [-0.15, -0.1) is 0 Å². The van der Waals surface area contributed by atoms with Crippen molar-refractivity contribution in [3.05, 3.63) is 29.3 Å². The van der Waals surface area contributed by atoms with Crippen molar-refractivity contribution >= 4 is 21.6 Å². The van der Waals surface area contributed by atoms with Crippen molar-refractivity contribution in [1.82, 2.24) is 4.31 Å². The van der Waals surface area contributed by atoms with E-state index in [-0.39, 0.29) is 10.9 Å². The zero-order valence-electron chi connectivity index (χ0n) is 10.8. The van der Waals surface area contributed by atoms with Gasteiger partial charge in [-0.25, -0.2) is 8.42 Å². The van der Waals surface area contributed by atoms with Crippen LogP contribution in [0.4, 0.5) is 0 Å². The maximum Gasteiger partial charge on any atom is 0.243 e. The van der Waals surface area contributed by atoms with Gasteiger partial charge in [0, 0.05) is 11.6 Å². The lowest BCUT2D eigenvalue weighted by Gasteiger charge is -2.36. The summed E-state index contributed by atoms with van der Waals surface area (Å²) in [5.41, 5.74) is 0. The number of piperidine rings is 1. The molecule has 0 bridgehead atoms. The lowest BCUT2D eigenvalue weighted by molar-refractivity contribution is 0.0831. The Labute approximate surface area is 119 Å². The van der Waals surface area contributed by atoms with E-state index in [4.69, 9.17) is 11.6 Å². The molecule has 1 aliphatic rings. The molecule has 106 valence electrons. The van der Waals surface area contributed by atoms with Crippen LogP contribution in [0.5, 0.6) is 0 Å². The van der Waals surface area contributed by atoms with Crippen LogP contribution in [0.1, 0.15) is 26.2 Å². The molecule has 1 saturated heterocycles. The Hall–Kier alpha value is -0.620. The molecule has 0 unspecified atom stereocenters. The highest BCUT2D eigenvalue weighted by molar-refractivity contribution is 7.89. The SMILES string of the molecule is C[C@@H](O)[C@@H]1CCCCN1S(=O)(=O)c1cccc(Cl)c1. The van der Waals surface area contributed by atoms with E-state index in [1.54, 1.807) is 19.1 Å². The fourth-order valence-electron chi connectivity index (χ4n) is 2.47. The Bertz CT molecular complexity index is 545. The first-order valence-electron chi connectivity index (χ1n) is 6.38. The Morgan fingerprint density at radius 2 is 2.16 bits per heavy atom. The molecule has 6 heteroatoms. The molecule has 0 amide bonds. The molecular weight excluding hydrogens is 286 g/mol. The zero-order chi connectivity index (χ0) is 14.0. The number of hydrogen-bond donors (Lipinski definition) is 1. The third-order valence-corrected chi connectivity index (χ3v) is 5.61. The van der Waals surface area contributed by atoms with Crippen molar-refractivity contribution < 1.29 is 13.5 Å². The van der Waals surface area contributed by atoms with Gasteiger partial charge in [0.05, 0.1) is 17.0 Å². The van der Waals surface area contributed by atoms with Gasteiger partial charge < -0.3 is 5.11 Å². The smallest absolute Gasteiger partial charge is 0.243 e. The highest BCUT2D eigenvalue weighted by Gasteiger charge is 2.35. The fourth-order valence-corrected chi connectivity index (χ4v) is 4.53. The van der Waals surface area contributed by atoms with Crippen LogP contribution in [0.3, 0.4) is 0 Å². The molecule has 1 N–H and O–H groups in total. The third-order valence-electron chi connectivity index (χ3n) is 3.46. The molecule has 1 heterocycles. The van der Waals surface area contributed by atoms with E-state index < -0.39 is 16.1 Å². The highest BCUT2D eigenvalue weighted by Crippen LogP contribution is 2.28. The number of nitrogens with zero attached hydrogens (tertiary/aromatic N) is 1. The Morgan fingerprint density at radius 1 is 1.42 bits per heavy atom. The van der Waals surface area contributed by atoms with Crippen molar-refractivity contribution in [3.8, 4) is 0 Å². The molecule has 1 aromatic carbocycles. The van der Waals surface area contributed by atoms with Crippen LogP contribution in [0.2, 0.25) is 5.02 Å². The largest absolute Gasteiger partial charge is 0.392 e. The number of sulfonamides is 1. The van der Waals surface area contributed by atoms with Crippen LogP contribution in [0.25, 0.3) is 0 Å². The normalized spacial score (nSPS) is 23.2. The molecule has 0 saturated carbocycles. The monoisotopic (exact) mass is 303 g/mol. The third kappa shape index (κ3) is 3.11. The van der Waals surface area contributed by atoms with Crippen LogP contribution in [-0.4, -0.2) is 36.5 Å². The average molecular weight is 304 g/mol. The topological polar surface area (TPSA) is 57.6 Å². The second kappa shape index (κ2) is 5.79. The van der Waals surface area contributed by atoms with Crippen LogP contribution in [0, 0.1) is 0 Å². The Kier molecular flexibility index (Phi) is 4.50. The lowest BCUT2D eigenvalue weighted by atomic mass is 10.0. The van der Waals surface area contributed by atoms with E-state index in [0.717, 1.165) is 12.8 Å². The van der Waals surface area contributed by atoms with Gasteiger partial charge >= 0.3 is 0 Å². The predicted molar refractivity (Wildman–Crippen MR) is 74.7 cm³/mol. The number of hydrogen-bond acceptors (Lipinski definition) is 3.